The van der Waals surface area contributed by atoms with Crippen molar-refractivity contribution in [3.8, 4) is 5.75 Å². The number of hydrogen-bond donors (Lipinski definition) is 4. The van der Waals surface area contributed by atoms with Crippen LogP contribution in [0, 0.1) is 0 Å². The number of fused-ring (bicyclic) bond motifs is 1. The number of alkyl halides is 1. The minimum atomic E-state index is -4.01. The van der Waals surface area contributed by atoms with Gasteiger partial charge in [-0.25, -0.2) is 17.9 Å². The Hall–Kier alpha value is -4.22. The molecule has 210 valence electrons. The summed E-state index contributed by atoms with van der Waals surface area (Å²) in [6.07, 6.45) is 1.26. The number of benzene rings is 3. The van der Waals surface area contributed by atoms with Crippen LogP contribution in [0.15, 0.2) is 90.0 Å². The van der Waals surface area contributed by atoms with E-state index in [0.717, 1.165) is 19.3 Å². The molecule has 40 heavy (non-hydrogen) atoms. The molecule has 0 aliphatic carbocycles. The standard InChI is InChI=1S/C29H30FN3O6S/c30-28(29(35)36)39-25-15-14-22(23-16-18-32-27(23)25)24(33-40(37,38)21-12-5-2-6-13-21)19-26(34)31-17-8-7-11-20-9-3-1-4-10-20/h1-6,9-10,12-16,18,24,28,32-33H,7-8,11,17,19H2,(H,31,34)(H,35,36). The SMILES string of the molecule is O=C(CC(NS(=O)(=O)c1ccccc1)c1ccc(OC(F)C(=O)O)c2[nH]ccc12)NCCCCc1ccccc1. The molecule has 0 saturated carbocycles. The lowest BCUT2D eigenvalue weighted by Gasteiger charge is -2.21. The number of carbonyl (C=O) groups excluding carboxylic acids is 1. The van der Waals surface area contributed by atoms with Crippen LogP contribution in [0.1, 0.15) is 36.4 Å². The van der Waals surface area contributed by atoms with Crippen molar-refractivity contribution in [1.82, 2.24) is 15.0 Å². The number of H-pyrrole nitrogens is 1. The zero-order valence-corrected chi connectivity index (χ0v) is 22.4. The number of aromatic nitrogens is 1. The molecule has 0 bridgehead atoms. The minimum absolute atomic E-state index is 0.0355. The van der Waals surface area contributed by atoms with Crippen LogP contribution in [-0.4, -0.2) is 43.3 Å². The van der Waals surface area contributed by atoms with Crippen LogP contribution in [0.25, 0.3) is 10.9 Å². The maximum absolute atomic E-state index is 13.8. The number of carboxylic acids is 1. The van der Waals surface area contributed by atoms with Gasteiger partial charge in [-0.3, -0.25) is 4.79 Å². The summed E-state index contributed by atoms with van der Waals surface area (Å²) in [6.45, 7) is 0.434. The molecule has 3 aromatic carbocycles. The Morgan fingerprint density at radius 3 is 2.35 bits per heavy atom. The van der Waals surface area contributed by atoms with Crippen molar-refractivity contribution in [2.75, 3.05) is 6.54 Å². The Balaban J connectivity index is 1.52. The molecule has 4 N–H and O–H groups in total. The van der Waals surface area contributed by atoms with Crippen LogP contribution < -0.4 is 14.8 Å². The molecule has 1 heterocycles. The van der Waals surface area contributed by atoms with Crippen LogP contribution in [0.4, 0.5) is 4.39 Å². The summed E-state index contributed by atoms with van der Waals surface area (Å²) in [5.74, 6) is -2.19. The molecule has 0 aliphatic rings. The highest BCUT2D eigenvalue weighted by atomic mass is 32.2. The van der Waals surface area contributed by atoms with E-state index in [1.54, 1.807) is 24.3 Å². The average molecular weight is 568 g/mol. The van der Waals surface area contributed by atoms with Gasteiger partial charge in [-0.1, -0.05) is 54.6 Å². The summed E-state index contributed by atoms with van der Waals surface area (Å²) in [7, 11) is -4.01. The van der Waals surface area contributed by atoms with Gasteiger partial charge in [0.05, 0.1) is 16.5 Å². The number of carboxylic acid groups (broad SMARTS) is 1. The van der Waals surface area contributed by atoms with Crippen molar-refractivity contribution >= 4 is 32.8 Å². The Morgan fingerprint density at radius 1 is 0.950 bits per heavy atom. The third kappa shape index (κ3) is 7.45. The van der Waals surface area contributed by atoms with Crippen molar-refractivity contribution in [3.63, 3.8) is 0 Å². The molecule has 4 aromatic rings. The highest BCUT2D eigenvalue weighted by Crippen LogP contribution is 2.33. The molecule has 0 radical (unpaired) electrons. The van der Waals surface area contributed by atoms with E-state index in [9.17, 15) is 22.4 Å². The molecular weight excluding hydrogens is 537 g/mol. The van der Waals surface area contributed by atoms with E-state index in [2.05, 4.69) is 27.2 Å². The van der Waals surface area contributed by atoms with Crippen molar-refractivity contribution in [2.45, 2.75) is 43.0 Å². The van der Waals surface area contributed by atoms with E-state index in [0.29, 0.717) is 17.5 Å². The van der Waals surface area contributed by atoms with Crippen molar-refractivity contribution in [1.29, 1.82) is 0 Å². The smallest absolute Gasteiger partial charge is 0.378 e. The fourth-order valence-electron chi connectivity index (χ4n) is 4.37. The topological polar surface area (TPSA) is 138 Å². The van der Waals surface area contributed by atoms with Crippen molar-refractivity contribution < 1.29 is 32.2 Å². The largest absolute Gasteiger partial charge is 0.476 e. The number of amides is 1. The fraction of sp³-hybridized carbons (Fsp3) is 0.241. The Morgan fingerprint density at radius 2 is 1.65 bits per heavy atom. The first-order valence-electron chi connectivity index (χ1n) is 12.8. The number of hydrogen-bond acceptors (Lipinski definition) is 5. The third-order valence-corrected chi connectivity index (χ3v) is 7.80. The molecular formula is C29H30FN3O6S. The van der Waals surface area contributed by atoms with Gasteiger partial charge >= 0.3 is 12.3 Å². The first-order valence-corrected chi connectivity index (χ1v) is 14.2. The maximum Gasteiger partial charge on any atom is 0.378 e. The van der Waals surface area contributed by atoms with Gasteiger partial charge in [0, 0.05) is 24.5 Å². The number of aromatic amines is 1. The predicted octanol–water partition coefficient (Wildman–Crippen LogP) is 4.48. The second kappa shape index (κ2) is 13.2. The maximum atomic E-state index is 13.8. The number of halogens is 1. The van der Waals surface area contributed by atoms with Crippen molar-refractivity contribution in [3.05, 3.63) is 96.2 Å². The number of sulfonamides is 1. The fourth-order valence-corrected chi connectivity index (χ4v) is 5.61. The summed E-state index contributed by atoms with van der Waals surface area (Å²) < 4.78 is 47.7. The number of rotatable bonds is 14. The number of aryl methyl sites for hydroxylation is 1. The number of unbranched alkanes of at least 4 members (excludes halogenated alkanes) is 1. The van der Waals surface area contributed by atoms with Gasteiger partial charge in [-0.05, 0) is 54.7 Å². The first kappa shape index (κ1) is 28.8. The van der Waals surface area contributed by atoms with Gasteiger partial charge < -0.3 is 20.1 Å². The Labute approximate surface area is 231 Å². The second-order valence-corrected chi connectivity index (χ2v) is 10.9. The van der Waals surface area contributed by atoms with Crippen LogP contribution >= 0.6 is 0 Å². The number of carbonyl (C=O) groups is 2. The summed E-state index contributed by atoms with van der Waals surface area (Å²) >= 11 is 0. The predicted molar refractivity (Wildman–Crippen MR) is 148 cm³/mol. The van der Waals surface area contributed by atoms with Gasteiger partial charge in [-0.15, -0.1) is 0 Å². The Bertz CT molecular complexity index is 1540. The van der Waals surface area contributed by atoms with E-state index in [1.807, 2.05) is 18.2 Å². The highest BCUT2D eigenvalue weighted by Gasteiger charge is 2.27. The zero-order chi connectivity index (χ0) is 28.5. The highest BCUT2D eigenvalue weighted by molar-refractivity contribution is 7.89. The zero-order valence-electron chi connectivity index (χ0n) is 21.5. The number of aliphatic carboxylic acids is 1. The quantitative estimate of drug-likeness (QED) is 0.166. The summed E-state index contributed by atoms with van der Waals surface area (Å²) in [5.41, 5.74) is 1.93. The van der Waals surface area contributed by atoms with Gasteiger partial charge in [-0.2, -0.15) is 4.39 Å². The normalized spacial score (nSPS) is 13.0. The summed E-state index contributed by atoms with van der Waals surface area (Å²) in [5, 5.41) is 12.2. The molecule has 4 rings (SSSR count). The van der Waals surface area contributed by atoms with Gasteiger partial charge in [0.15, 0.2) is 0 Å². The number of nitrogens with one attached hydrogen (secondary N) is 3. The van der Waals surface area contributed by atoms with Crippen LogP contribution in [0.2, 0.25) is 0 Å². The average Bonchev–Trinajstić information content (AvgIpc) is 3.44. The second-order valence-electron chi connectivity index (χ2n) is 9.18. The van der Waals surface area contributed by atoms with E-state index in [4.69, 9.17) is 9.84 Å². The molecule has 0 fully saturated rings. The number of ether oxygens (including phenoxy) is 1. The van der Waals surface area contributed by atoms with Crippen molar-refractivity contribution in [2.24, 2.45) is 0 Å². The lowest BCUT2D eigenvalue weighted by atomic mass is 10.00. The van der Waals surface area contributed by atoms with Gasteiger partial charge in [0.2, 0.25) is 15.9 Å². The summed E-state index contributed by atoms with van der Waals surface area (Å²) in [6, 6.07) is 21.3. The summed E-state index contributed by atoms with van der Waals surface area (Å²) in [4.78, 5) is 26.8. The lowest BCUT2D eigenvalue weighted by Crippen LogP contribution is -2.34. The van der Waals surface area contributed by atoms with Crippen LogP contribution in [-0.2, 0) is 26.0 Å². The van der Waals surface area contributed by atoms with E-state index < -0.39 is 28.4 Å². The molecule has 2 atom stereocenters. The molecule has 2 unspecified atom stereocenters. The van der Waals surface area contributed by atoms with Gasteiger partial charge in [0.25, 0.3) is 0 Å². The molecule has 1 aromatic heterocycles. The monoisotopic (exact) mass is 567 g/mol. The van der Waals surface area contributed by atoms with E-state index >= 15 is 0 Å². The molecule has 11 heteroatoms. The Kier molecular flexibility index (Phi) is 9.52. The lowest BCUT2D eigenvalue weighted by molar-refractivity contribution is -0.153. The van der Waals surface area contributed by atoms with E-state index in [1.165, 1.54) is 36.0 Å². The molecule has 9 nitrogen and oxygen atoms in total. The molecule has 0 spiro atoms. The molecule has 0 saturated heterocycles. The van der Waals surface area contributed by atoms with Gasteiger partial charge in [0.1, 0.15) is 5.75 Å². The first-order chi connectivity index (χ1) is 19.2. The third-order valence-electron chi connectivity index (χ3n) is 6.32. The van der Waals surface area contributed by atoms with E-state index in [-0.39, 0.29) is 28.5 Å². The molecule has 0 aliphatic heterocycles. The van der Waals surface area contributed by atoms with Crippen LogP contribution in [0.5, 0.6) is 5.75 Å². The molecule has 1 amide bonds. The minimum Gasteiger partial charge on any atom is -0.476 e. The van der Waals surface area contributed by atoms with Crippen LogP contribution in [0.3, 0.4) is 0 Å².